The molecule has 0 radical (unpaired) electrons. The van der Waals surface area contributed by atoms with Crippen LogP contribution in [0.4, 0.5) is 0 Å². The monoisotopic (exact) mass is 586 g/mol. The van der Waals surface area contributed by atoms with Crippen molar-refractivity contribution in [3.8, 4) is 11.1 Å². The van der Waals surface area contributed by atoms with Gasteiger partial charge in [0, 0.05) is 13.0 Å². The maximum Gasteiger partial charge on any atom is 0.237 e. The molecule has 216 valence electrons. The van der Waals surface area contributed by atoms with Gasteiger partial charge in [0.1, 0.15) is 6.23 Å². The van der Waals surface area contributed by atoms with E-state index in [1.54, 1.807) is 0 Å². The zero-order chi connectivity index (χ0) is 27.7. The highest BCUT2D eigenvalue weighted by atomic mass is 35.5. The van der Waals surface area contributed by atoms with Crippen LogP contribution in [-0.2, 0) is 32.4 Å². The number of ether oxygens (including phenoxy) is 1. The van der Waals surface area contributed by atoms with E-state index in [2.05, 4.69) is 10.0 Å². The van der Waals surface area contributed by atoms with Gasteiger partial charge in [0.25, 0.3) is 0 Å². The molecule has 4 rings (SSSR count). The summed E-state index contributed by atoms with van der Waals surface area (Å²) in [7, 11) is -3.66. The molecule has 1 saturated carbocycles. The predicted molar refractivity (Wildman–Crippen MR) is 161 cm³/mol. The standard InChI is InChI=1S/C31H38N2O5S.ClH/c1-39(36,37)33-30(35)20-26-18-17-25(23-11-5-2-6-12-23)19-27(26)21-31(38-28-15-9-4-10-16-28)32-22-29(34)24-13-7-3-8-14-24;/h2-3,5-8,11-14,17-19,28-29,31-32,34H,4,9-10,15-16,20-22H2,1H3,(H,33,35);1H/t29-,31?;/m1./s1. The van der Waals surface area contributed by atoms with Gasteiger partial charge in [-0.2, -0.15) is 0 Å². The van der Waals surface area contributed by atoms with E-state index in [1.165, 1.54) is 6.42 Å². The number of nitrogens with one attached hydrogen (secondary N) is 2. The molecule has 1 aliphatic rings. The Morgan fingerprint density at radius 1 is 0.925 bits per heavy atom. The number of rotatable bonds is 12. The molecule has 0 aliphatic heterocycles. The van der Waals surface area contributed by atoms with Crippen molar-refractivity contribution in [3.63, 3.8) is 0 Å². The maximum absolute atomic E-state index is 12.5. The molecule has 7 nitrogen and oxygen atoms in total. The highest BCUT2D eigenvalue weighted by Crippen LogP contribution is 2.26. The maximum atomic E-state index is 12.5. The summed E-state index contributed by atoms with van der Waals surface area (Å²) in [5.41, 5.74) is 4.49. The van der Waals surface area contributed by atoms with Crippen molar-refractivity contribution in [2.45, 2.75) is 63.4 Å². The van der Waals surface area contributed by atoms with Crippen molar-refractivity contribution in [2.75, 3.05) is 12.8 Å². The Kier molecular flexibility index (Phi) is 12.2. The molecule has 1 aliphatic carbocycles. The zero-order valence-electron chi connectivity index (χ0n) is 22.8. The quantitative estimate of drug-likeness (QED) is 0.260. The number of benzene rings is 3. The van der Waals surface area contributed by atoms with Crippen molar-refractivity contribution in [3.05, 3.63) is 95.6 Å². The van der Waals surface area contributed by atoms with Gasteiger partial charge in [0.2, 0.25) is 15.9 Å². The van der Waals surface area contributed by atoms with Crippen LogP contribution in [0.15, 0.2) is 78.9 Å². The first-order valence-corrected chi connectivity index (χ1v) is 15.5. The molecule has 0 saturated heterocycles. The number of aliphatic hydroxyl groups excluding tert-OH is 1. The lowest BCUT2D eigenvalue weighted by molar-refractivity contribution is -0.118. The van der Waals surface area contributed by atoms with E-state index in [0.717, 1.165) is 59.8 Å². The van der Waals surface area contributed by atoms with Crippen LogP contribution in [0.5, 0.6) is 0 Å². The van der Waals surface area contributed by atoms with Crippen LogP contribution >= 0.6 is 12.4 Å². The molecular weight excluding hydrogens is 548 g/mol. The molecule has 1 fully saturated rings. The third-order valence-corrected chi connectivity index (χ3v) is 7.60. The Bertz CT molecular complexity index is 1320. The third-order valence-electron chi connectivity index (χ3n) is 7.00. The number of carbonyl (C=O) groups is 1. The zero-order valence-corrected chi connectivity index (χ0v) is 24.4. The van der Waals surface area contributed by atoms with Crippen LogP contribution in [-0.4, -0.2) is 44.6 Å². The highest BCUT2D eigenvalue weighted by Gasteiger charge is 2.23. The first kappa shape index (κ1) is 31.8. The molecule has 2 atom stereocenters. The second-order valence-electron chi connectivity index (χ2n) is 10.2. The molecule has 1 amide bonds. The molecule has 3 aromatic carbocycles. The van der Waals surface area contributed by atoms with E-state index in [4.69, 9.17) is 4.74 Å². The minimum Gasteiger partial charge on any atom is -0.387 e. The summed E-state index contributed by atoms with van der Waals surface area (Å²) in [5, 5.41) is 14.2. The molecule has 3 aromatic rings. The molecule has 0 bridgehead atoms. The molecule has 1 unspecified atom stereocenters. The van der Waals surface area contributed by atoms with Gasteiger partial charge >= 0.3 is 0 Å². The highest BCUT2D eigenvalue weighted by molar-refractivity contribution is 7.89. The average molecular weight is 587 g/mol. The summed E-state index contributed by atoms with van der Waals surface area (Å²) in [6, 6.07) is 25.4. The normalized spacial score (nSPS) is 15.6. The van der Waals surface area contributed by atoms with Gasteiger partial charge in [-0.1, -0.05) is 98.1 Å². The van der Waals surface area contributed by atoms with Gasteiger partial charge in [-0.3, -0.25) is 14.8 Å². The summed E-state index contributed by atoms with van der Waals surface area (Å²) < 4.78 is 31.9. The van der Waals surface area contributed by atoms with Crippen molar-refractivity contribution < 1.29 is 23.1 Å². The van der Waals surface area contributed by atoms with Gasteiger partial charge in [-0.25, -0.2) is 8.42 Å². The summed E-state index contributed by atoms with van der Waals surface area (Å²) in [6.45, 7) is 0.309. The molecule has 0 heterocycles. The van der Waals surface area contributed by atoms with E-state index in [0.29, 0.717) is 13.0 Å². The van der Waals surface area contributed by atoms with Crippen LogP contribution in [0.1, 0.15) is 54.9 Å². The van der Waals surface area contributed by atoms with Crippen LogP contribution in [0.2, 0.25) is 0 Å². The molecule has 0 aromatic heterocycles. The average Bonchev–Trinajstić information content (AvgIpc) is 2.93. The summed E-state index contributed by atoms with van der Waals surface area (Å²) in [4.78, 5) is 12.5. The lowest BCUT2D eigenvalue weighted by Crippen LogP contribution is -2.40. The van der Waals surface area contributed by atoms with Gasteiger partial charge in [0.05, 0.1) is 24.9 Å². The first-order valence-electron chi connectivity index (χ1n) is 13.6. The number of hydrogen-bond acceptors (Lipinski definition) is 6. The third kappa shape index (κ3) is 10.0. The Morgan fingerprint density at radius 2 is 1.57 bits per heavy atom. The Balaban J connectivity index is 0.00000441. The van der Waals surface area contributed by atoms with E-state index in [9.17, 15) is 18.3 Å². The van der Waals surface area contributed by atoms with Gasteiger partial charge < -0.3 is 9.84 Å². The number of sulfonamides is 1. The van der Waals surface area contributed by atoms with Crippen LogP contribution in [0.25, 0.3) is 11.1 Å². The predicted octanol–water partition coefficient (Wildman–Crippen LogP) is 4.93. The van der Waals surface area contributed by atoms with Crippen molar-refractivity contribution in [2.24, 2.45) is 0 Å². The first-order chi connectivity index (χ1) is 18.8. The van der Waals surface area contributed by atoms with Gasteiger partial charge in [0.15, 0.2) is 0 Å². The van der Waals surface area contributed by atoms with E-state index in [1.807, 2.05) is 78.9 Å². The second kappa shape index (κ2) is 15.3. The van der Waals surface area contributed by atoms with Crippen molar-refractivity contribution >= 4 is 28.3 Å². The fourth-order valence-corrected chi connectivity index (χ4v) is 5.54. The number of carbonyl (C=O) groups excluding carboxylic acids is 1. The molecule has 3 N–H and O–H groups in total. The summed E-state index contributed by atoms with van der Waals surface area (Å²) >= 11 is 0. The van der Waals surface area contributed by atoms with Crippen molar-refractivity contribution in [1.82, 2.24) is 10.0 Å². The fourth-order valence-electron chi connectivity index (χ4n) is 5.05. The summed E-state index contributed by atoms with van der Waals surface area (Å²) in [5.74, 6) is -0.580. The Morgan fingerprint density at radius 3 is 2.23 bits per heavy atom. The smallest absolute Gasteiger partial charge is 0.237 e. The minimum absolute atomic E-state index is 0. The number of halogens is 1. The Labute approximate surface area is 243 Å². The molecular formula is C31H39ClN2O5S. The van der Waals surface area contributed by atoms with E-state index >= 15 is 0 Å². The SMILES string of the molecule is CS(=O)(=O)NC(=O)Cc1ccc(-c2ccccc2)cc1CC(NC[C@@H](O)c1ccccc1)OC1CCCCC1.Cl. The van der Waals surface area contributed by atoms with E-state index in [-0.39, 0.29) is 24.9 Å². The lowest BCUT2D eigenvalue weighted by atomic mass is 9.94. The molecule has 40 heavy (non-hydrogen) atoms. The Hall–Kier alpha value is -2.75. The number of amides is 1. The topological polar surface area (TPSA) is 105 Å². The van der Waals surface area contributed by atoms with E-state index < -0.39 is 28.3 Å². The largest absolute Gasteiger partial charge is 0.387 e. The number of hydrogen-bond donors (Lipinski definition) is 3. The lowest BCUT2D eigenvalue weighted by Gasteiger charge is -2.29. The molecule has 0 spiro atoms. The van der Waals surface area contributed by atoms with Crippen LogP contribution in [0, 0.1) is 0 Å². The van der Waals surface area contributed by atoms with Crippen molar-refractivity contribution in [1.29, 1.82) is 0 Å². The summed E-state index contributed by atoms with van der Waals surface area (Å²) in [6.07, 6.45) is 5.85. The second-order valence-corrected chi connectivity index (χ2v) is 12.0. The fraction of sp³-hybridized carbons (Fsp3) is 0.387. The van der Waals surface area contributed by atoms with Gasteiger partial charge in [-0.05, 0) is 40.7 Å². The van der Waals surface area contributed by atoms with Crippen LogP contribution < -0.4 is 10.0 Å². The van der Waals surface area contributed by atoms with Crippen LogP contribution in [0.3, 0.4) is 0 Å². The van der Waals surface area contributed by atoms with Gasteiger partial charge in [-0.15, -0.1) is 12.4 Å². The minimum atomic E-state index is -3.66. The molecule has 9 heteroatoms. The number of aliphatic hydroxyl groups is 1.